The van der Waals surface area contributed by atoms with E-state index in [0.717, 1.165) is 18.4 Å². The van der Waals surface area contributed by atoms with Crippen molar-refractivity contribution in [2.24, 2.45) is 16.8 Å². The van der Waals surface area contributed by atoms with E-state index in [2.05, 4.69) is 24.2 Å². The van der Waals surface area contributed by atoms with Crippen molar-refractivity contribution in [3.63, 3.8) is 0 Å². The van der Waals surface area contributed by atoms with Crippen LogP contribution in [0.2, 0.25) is 0 Å². The molecular weight excluding hydrogens is 192 g/mol. The summed E-state index contributed by atoms with van der Waals surface area (Å²) in [4.78, 5) is 4.60. The molecule has 0 radical (unpaired) electrons. The Hall–Kier alpha value is -0.180. The summed E-state index contributed by atoms with van der Waals surface area (Å²) in [6, 6.07) is 0.639. The standard InChI is InChI=1S/C11H20N2S/c1-8(2)10-7-14-11(13-10)12-6-5-9-3-4-9/h8-10H,3-7H2,1-2H3,(H,12,13). The molecule has 1 heterocycles. The monoisotopic (exact) mass is 212 g/mol. The molecule has 1 N–H and O–H groups in total. The van der Waals surface area contributed by atoms with Crippen LogP contribution in [0.4, 0.5) is 0 Å². The van der Waals surface area contributed by atoms with Crippen molar-refractivity contribution in [3.05, 3.63) is 0 Å². The highest BCUT2D eigenvalue weighted by molar-refractivity contribution is 8.14. The van der Waals surface area contributed by atoms with Crippen LogP contribution in [0.5, 0.6) is 0 Å². The minimum atomic E-state index is 0.639. The zero-order chi connectivity index (χ0) is 9.97. The van der Waals surface area contributed by atoms with Crippen LogP contribution in [-0.2, 0) is 0 Å². The summed E-state index contributed by atoms with van der Waals surface area (Å²) < 4.78 is 0. The van der Waals surface area contributed by atoms with Gasteiger partial charge in [0.15, 0.2) is 5.17 Å². The fourth-order valence-electron chi connectivity index (χ4n) is 1.62. The Labute approximate surface area is 90.9 Å². The highest BCUT2D eigenvalue weighted by Gasteiger charge is 2.23. The van der Waals surface area contributed by atoms with Crippen LogP contribution in [0.3, 0.4) is 0 Å². The van der Waals surface area contributed by atoms with Crippen molar-refractivity contribution in [1.29, 1.82) is 0 Å². The second-order valence-corrected chi connectivity index (χ2v) is 5.73. The first-order valence-electron chi connectivity index (χ1n) is 5.69. The van der Waals surface area contributed by atoms with Gasteiger partial charge in [0.25, 0.3) is 0 Å². The number of hydrogen-bond acceptors (Lipinski definition) is 2. The highest BCUT2D eigenvalue weighted by Crippen LogP contribution is 2.32. The van der Waals surface area contributed by atoms with Crippen LogP contribution in [0.25, 0.3) is 0 Å². The smallest absolute Gasteiger partial charge is 0.156 e. The molecule has 3 heteroatoms. The van der Waals surface area contributed by atoms with Crippen LogP contribution in [0.1, 0.15) is 33.1 Å². The number of nitrogens with zero attached hydrogens (tertiary/aromatic N) is 1. The Kier molecular flexibility index (Phi) is 3.37. The molecule has 2 fully saturated rings. The summed E-state index contributed by atoms with van der Waals surface area (Å²) in [5.74, 6) is 2.92. The van der Waals surface area contributed by atoms with Crippen molar-refractivity contribution in [1.82, 2.24) is 5.32 Å². The molecule has 2 aliphatic rings. The molecule has 14 heavy (non-hydrogen) atoms. The third-order valence-corrected chi connectivity index (χ3v) is 4.05. The minimum absolute atomic E-state index is 0.639. The van der Waals surface area contributed by atoms with Crippen molar-refractivity contribution in [2.45, 2.75) is 39.2 Å². The number of aliphatic imine (C=N–C) groups is 1. The average Bonchev–Trinajstić information content (AvgIpc) is 2.82. The Bertz CT molecular complexity index is 221. The van der Waals surface area contributed by atoms with Gasteiger partial charge >= 0.3 is 0 Å². The molecule has 2 nitrogen and oxygen atoms in total. The summed E-state index contributed by atoms with van der Waals surface area (Å²) >= 11 is 1.89. The van der Waals surface area contributed by atoms with Crippen LogP contribution >= 0.6 is 11.8 Å². The lowest BCUT2D eigenvalue weighted by atomic mass is 10.1. The number of thioether (sulfide) groups is 1. The van der Waals surface area contributed by atoms with E-state index >= 15 is 0 Å². The molecule has 80 valence electrons. The molecule has 0 aromatic rings. The lowest BCUT2D eigenvalue weighted by molar-refractivity contribution is 0.503. The quantitative estimate of drug-likeness (QED) is 0.774. The number of nitrogens with one attached hydrogen (secondary N) is 1. The van der Waals surface area contributed by atoms with E-state index in [1.807, 2.05) is 11.8 Å². The van der Waals surface area contributed by atoms with Gasteiger partial charge in [0.1, 0.15) is 0 Å². The zero-order valence-corrected chi connectivity index (χ0v) is 9.94. The molecule has 0 aromatic heterocycles. The first-order valence-corrected chi connectivity index (χ1v) is 6.68. The molecule has 1 unspecified atom stereocenters. The van der Waals surface area contributed by atoms with E-state index in [-0.39, 0.29) is 0 Å². The van der Waals surface area contributed by atoms with E-state index in [1.54, 1.807) is 0 Å². The first kappa shape index (κ1) is 10.3. The van der Waals surface area contributed by atoms with Gasteiger partial charge in [0.05, 0.1) is 0 Å². The largest absolute Gasteiger partial charge is 0.361 e. The third-order valence-electron chi connectivity index (χ3n) is 3.00. The van der Waals surface area contributed by atoms with Crippen molar-refractivity contribution < 1.29 is 0 Å². The molecule has 1 atom stereocenters. The second kappa shape index (κ2) is 4.56. The SMILES string of the molecule is CC(C)C1CSC(=NCCC2CC2)N1. The predicted molar refractivity (Wildman–Crippen MR) is 63.9 cm³/mol. The van der Waals surface area contributed by atoms with Gasteiger partial charge in [0.2, 0.25) is 0 Å². The third kappa shape index (κ3) is 2.91. The van der Waals surface area contributed by atoms with E-state index < -0.39 is 0 Å². The summed E-state index contributed by atoms with van der Waals surface area (Å²) in [7, 11) is 0. The van der Waals surface area contributed by atoms with Gasteiger partial charge in [-0.3, -0.25) is 4.99 Å². The Morgan fingerprint density at radius 1 is 1.50 bits per heavy atom. The van der Waals surface area contributed by atoms with Crippen LogP contribution < -0.4 is 5.32 Å². The average molecular weight is 212 g/mol. The van der Waals surface area contributed by atoms with E-state index in [4.69, 9.17) is 0 Å². The fourth-order valence-corrected chi connectivity index (χ4v) is 2.84. The maximum absolute atomic E-state index is 4.60. The van der Waals surface area contributed by atoms with Gasteiger partial charge in [-0.25, -0.2) is 0 Å². The molecule has 0 amide bonds. The van der Waals surface area contributed by atoms with Crippen molar-refractivity contribution >= 4 is 16.9 Å². The Morgan fingerprint density at radius 3 is 2.86 bits per heavy atom. The molecule has 2 rings (SSSR count). The lowest BCUT2D eigenvalue weighted by Gasteiger charge is -2.12. The van der Waals surface area contributed by atoms with E-state index in [9.17, 15) is 0 Å². The van der Waals surface area contributed by atoms with Gasteiger partial charge in [-0.15, -0.1) is 0 Å². The first-order chi connectivity index (χ1) is 6.75. The molecule has 1 saturated carbocycles. The maximum Gasteiger partial charge on any atom is 0.156 e. The summed E-state index contributed by atoms with van der Waals surface area (Å²) in [6.07, 6.45) is 4.19. The predicted octanol–water partition coefficient (Wildman–Crippen LogP) is 2.50. The van der Waals surface area contributed by atoms with Gasteiger partial charge in [0, 0.05) is 18.3 Å². The van der Waals surface area contributed by atoms with Crippen LogP contribution in [0, 0.1) is 11.8 Å². The molecule has 0 spiro atoms. The number of amidine groups is 1. The maximum atomic E-state index is 4.60. The van der Waals surface area contributed by atoms with Crippen LogP contribution in [-0.4, -0.2) is 23.5 Å². The molecule has 1 aliphatic carbocycles. The Balaban J connectivity index is 1.70. The van der Waals surface area contributed by atoms with Gasteiger partial charge in [-0.05, 0) is 18.3 Å². The molecule has 0 bridgehead atoms. The Morgan fingerprint density at radius 2 is 2.29 bits per heavy atom. The fraction of sp³-hybridized carbons (Fsp3) is 0.909. The second-order valence-electron chi connectivity index (χ2n) is 4.72. The number of rotatable bonds is 4. The minimum Gasteiger partial charge on any atom is -0.361 e. The van der Waals surface area contributed by atoms with Crippen molar-refractivity contribution in [3.8, 4) is 0 Å². The normalized spacial score (nSPS) is 29.9. The summed E-state index contributed by atoms with van der Waals surface area (Å²) in [6.45, 7) is 5.57. The van der Waals surface area contributed by atoms with E-state index in [1.165, 1.54) is 30.2 Å². The molecule has 1 aliphatic heterocycles. The lowest BCUT2D eigenvalue weighted by Crippen LogP contribution is -2.31. The summed E-state index contributed by atoms with van der Waals surface area (Å²) in [5, 5.41) is 4.68. The van der Waals surface area contributed by atoms with E-state index in [0.29, 0.717) is 6.04 Å². The topological polar surface area (TPSA) is 24.4 Å². The summed E-state index contributed by atoms with van der Waals surface area (Å²) in [5.41, 5.74) is 0. The highest BCUT2D eigenvalue weighted by atomic mass is 32.2. The van der Waals surface area contributed by atoms with Gasteiger partial charge in [-0.2, -0.15) is 0 Å². The van der Waals surface area contributed by atoms with Crippen molar-refractivity contribution in [2.75, 3.05) is 12.3 Å². The van der Waals surface area contributed by atoms with Gasteiger partial charge < -0.3 is 5.32 Å². The molecule has 0 aromatic carbocycles. The zero-order valence-electron chi connectivity index (χ0n) is 9.12. The molecular formula is C11H20N2S. The van der Waals surface area contributed by atoms with Gasteiger partial charge in [-0.1, -0.05) is 38.5 Å². The van der Waals surface area contributed by atoms with Crippen LogP contribution in [0.15, 0.2) is 4.99 Å². The number of hydrogen-bond donors (Lipinski definition) is 1. The molecule has 1 saturated heterocycles.